The number of aryl methyl sites for hydroxylation is 1. The Morgan fingerprint density at radius 2 is 1.93 bits per heavy atom. The van der Waals surface area contributed by atoms with Crippen molar-refractivity contribution in [2.45, 2.75) is 20.8 Å². The van der Waals surface area contributed by atoms with Crippen LogP contribution in [0.4, 0.5) is 11.4 Å². The number of nitrogens with one attached hydrogen (secondary N) is 1. The van der Waals surface area contributed by atoms with E-state index in [2.05, 4.69) is 5.32 Å². The van der Waals surface area contributed by atoms with Crippen LogP contribution in [-0.2, 0) is 9.53 Å². The Morgan fingerprint density at radius 3 is 2.57 bits per heavy atom. The lowest BCUT2D eigenvalue weighted by atomic mass is 10.1. The van der Waals surface area contributed by atoms with Crippen LogP contribution < -0.4 is 14.8 Å². The lowest BCUT2D eigenvalue weighted by Crippen LogP contribution is -2.21. The molecule has 0 aliphatic rings. The van der Waals surface area contributed by atoms with Gasteiger partial charge < -0.3 is 19.5 Å². The maximum absolute atomic E-state index is 12.2. The van der Waals surface area contributed by atoms with Gasteiger partial charge in [0.2, 0.25) is 0 Å². The number of rotatable bonds is 9. The minimum atomic E-state index is -0.668. The van der Waals surface area contributed by atoms with Crippen molar-refractivity contribution < 1.29 is 28.7 Å². The van der Waals surface area contributed by atoms with Crippen molar-refractivity contribution in [2.24, 2.45) is 5.92 Å². The zero-order valence-corrected chi connectivity index (χ0v) is 17.3. The van der Waals surface area contributed by atoms with Crippen molar-refractivity contribution in [2.75, 3.05) is 25.6 Å². The number of hydrogen-bond donors (Lipinski definition) is 1. The largest absolute Gasteiger partial charge is 0.493 e. The van der Waals surface area contributed by atoms with Gasteiger partial charge in [-0.1, -0.05) is 19.9 Å². The summed E-state index contributed by atoms with van der Waals surface area (Å²) in [6, 6.07) is 9.16. The SMILES string of the molecule is COc1cc(NC(=O)COC(=O)c2cccc(OCC(C)C)c2)c(C)cc1[N+](=O)[O-]. The maximum Gasteiger partial charge on any atom is 0.338 e. The van der Waals surface area contributed by atoms with E-state index in [-0.39, 0.29) is 17.0 Å². The quantitative estimate of drug-likeness (QED) is 0.376. The minimum Gasteiger partial charge on any atom is -0.493 e. The minimum absolute atomic E-state index is 0.0103. The monoisotopic (exact) mass is 416 g/mol. The highest BCUT2D eigenvalue weighted by Crippen LogP contribution is 2.32. The number of carbonyl (C=O) groups excluding carboxylic acids is 2. The van der Waals surface area contributed by atoms with Gasteiger partial charge in [-0.2, -0.15) is 0 Å². The zero-order valence-electron chi connectivity index (χ0n) is 17.3. The number of benzene rings is 2. The van der Waals surface area contributed by atoms with Crippen LogP contribution in [0.5, 0.6) is 11.5 Å². The molecule has 0 aromatic heterocycles. The molecule has 160 valence electrons. The average molecular weight is 416 g/mol. The summed E-state index contributed by atoms with van der Waals surface area (Å²) >= 11 is 0. The van der Waals surface area contributed by atoms with Gasteiger partial charge in [-0.3, -0.25) is 14.9 Å². The molecule has 0 heterocycles. The second-order valence-corrected chi connectivity index (χ2v) is 6.95. The van der Waals surface area contributed by atoms with Crippen LogP contribution in [0.3, 0.4) is 0 Å². The fourth-order valence-corrected chi connectivity index (χ4v) is 2.49. The molecule has 0 saturated heterocycles. The number of nitro groups is 1. The van der Waals surface area contributed by atoms with Gasteiger partial charge in [0.25, 0.3) is 5.91 Å². The van der Waals surface area contributed by atoms with Crippen LogP contribution in [0.25, 0.3) is 0 Å². The van der Waals surface area contributed by atoms with Crippen molar-refractivity contribution in [3.63, 3.8) is 0 Å². The molecule has 0 bridgehead atoms. The van der Waals surface area contributed by atoms with Gasteiger partial charge in [-0.15, -0.1) is 0 Å². The van der Waals surface area contributed by atoms with Gasteiger partial charge in [-0.25, -0.2) is 4.79 Å². The van der Waals surface area contributed by atoms with Gasteiger partial charge in [0, 0.05) is 17.8 Å². The highest BCUT2D eigenvalue weighted by molar-refractivity contribution is 5.96. The molecule has 0 atom stereocenters. The predicted molar refractivity (Wildman–Crippen MR) is 110 cm³/mol. The Balaban J connectivity index is 1.99. The zero-order chi connectivity index (χ0) is 22.3. The van der Waals surface area contributed by atoms with Gasteiger partial charge >= 0.3 is 11.7 Å². The van der Waals surface area contributed by atoms with E-state index in [9.17, 15) is 19.7 Å². The first kappa shape index (κ1) is 22.7. The van der Waals surface area contributed by atoms with E-state index in [0.29, 0.717) is 29.5 Å². The van der Waals surface area contributed by atoms with E-state index in [0.717, 1.165) is 0 Å². The highest BCUT2D eigenvalue weighted by atomic mass is 16.6. The topological polar surface area (TPSA) is 117 Å². The fourth-order valence-electron chi connectivity index (χ4n) is 2.49. The molecule has 1 amide bonds. The number of amides is 1. The standard InChI is InChI=1S/C21H24N2O7/c1-13(2)11-29-16-7-5-6-15(9-16)21(25)30-12-20(24)22-17-10-19(28-4)18(23(26)27)8-14(17)3/h5-10,13H,11-12H2,1-4H3,(H,22,24). The lowest BCUT2D eigenvalue weighted by molar-refractivity contribution is -0.385. The van der Waals surface area contributed by atoms with Crippen molar-refractivity contribution in [3.05, 3.63) is 57.6 Å². The van der Waals surface area contributed by atoms with Crippen molar-refractivity contribution in [1.29, 1.82) is 0 Å². The molecule has 0 saturated carbocycles. The average Bonchev–Trinajstić information content (AvgIpc) is 2.71. The van der Waals surface area contributed by atoms with Gasteiger partial charge in [0.1, 0.15) is 5.75 Å². The Hall–Kier alpha value is -3.62. The third-order valence-electron chi connectivity index (χ3n) is 3.98. The van der Waals surface area contributed by atoms with Crippen molar-refractivity contribution >= 4 is 23.3 Å². The second kappa shape index (κ2) is 10.2. The molecule has 2 rings (SSSR count). The molecular formula is C21H24N2O7. The van der Waals surface area contributed by atoms with Crippen LogP contribution in [0, 0.1) is 23.0 Å². The molecule has 1 N–H and O–H groups in total. The molecule has 30 heavy (non-hydrogen) atoms. The van der Waals surface area contributed by atoms with Crippen LogP contribution in [0.15, 0.2) is 36.4 Å². The number of methoxy groups -OCH3 is 1. The summed E-state index contributed by atoms with van der Waals surface area (Å²) in [5.41, 5.74) is 0.844. The molecule has 0 aliphatic carbocycles. The highest BCUT2D eigenvalue weighted by Gasteiger charge is 2.19. The van der Waals surface area contributed by atoms with Crippen LogP contribution in [-0.4, -0.2) is 37.1 Å². The van der Waals surface area contributed by atoms with Gasteiger partial charge in [0.05, 0.1) is 24.2 Å². The molecule has 2 aromatic carbocycles. The fraction of sp³-hybridized carbons (Fsp3) is 0.333. The second-order valence-electron chi connectivity index (χ2n) is 6.95. The van der Waals surface area contributed by atoms with E-state index in [1.54, 1.807) is 31.2 Å². The number of anilines is 1. The summed E-state index contributed by atoms with van der Waals surface area (Å²) in [5.74, 6) is -0.370. The Kier molecular flexibility index (Phi) is 7.74. The normalized spacial score (nSPS) is 10.4. The summed E-state index contributed by atoms with van der Waals surface area (Å²) in [6.45, 7) is 5.63. The molecule has 9 heteroatoms. The third-order valence-corrected chi connectivity index (χ3v) is 3.98. The summed E-state index contributed by atoms with van der Waals surface area (Å²) < 4.78 is 15.6. The first-order valence-electron chi connectivity index (χ1n) is 9.24. The number of ether oxygens (including phenoxy) is 3. The van der Waals surface area contributed by atoms with Crippen molar-refractivity contribution in [3.8, 4) is 11.5 Å². The molecule has 0 unspecified atom stereocenters. The number of nitro benzene ring substituents is 1. The van der Waals surface area contributed by atoms with Crippen LogP contribution >= 0.6 is 0 Å². The van der Waals surface area contributed by atoms with E-state index in [1.165, 1.54) is 19.2 Å². The summed E-state index contributed by atoms with van der Waals surface area (Å²) in [5, 5.41) is 13.6. The third kappa shape index (κ3) is 6.20. The molecule has 0 radical (unpaired) electrons. The van der Waals surface area contributed by atoms with E-state index < -0.39 is 23.4 Å². The first-order valence-corrected chi connectivity index (χ1v) is 9.24. The van der Waals surface area contributed by atoms with Crippen molar-refractivity contribution in [1.82, 2.24) is 0 Å². The molecular weight excluding hydrogens is 392 g/mol. The molecule has 9 nitrogen and oxygen atoms in total. The Labute approximate surface area is 174 Å². The predicted octanol–water partition coefficient (Wildman–Crippen LogP) is 3.74. The number of esters is 1. The van der Waals surface area contributed by atoms with E-state index >= 15 is 0 Å². The number of hydrogen-bond acceptors (Lipinski definition) is 7. The van der Waals surface area contributed by atoms with Gasteiger partial charge in [0.15, 0.2) is 12.4 Å². The molecule has 0 spiro atoms. The lowest BCUT2D eigenvalue weighted by Gasteiger charge is -2.12. The molecule has 2 aromatic rings. The summed E-state index contributed by atoms with van der Waals surface area (Å²) in [7, 11) is 1.30. The van der Waals surface area contributed by atoms with Crippen LogP contribution in [0.1, 0.15) is 29.8 Å². The Bertz CT molecular complexity index is 941. The smallest absolute Gasteiger partial charge is 0.338 e. The summed E-state index contributed by atoms with van der Waals surface area (Å²) in [4.78, 5) is 34.9. The van der Waals surface area contributed by atoms with Crippen LogP contribution in [0.2, 0.25) is 0 Å². The maximum atomic E-state index is 12.2. The number of nitrogens with zero attached hydrogens (tertiary/aromatic N) is 1. The van der Waals surface area contributed by atoms with E-state index in [1.807, 2.05) is 13.8 Å². The number of carbonyl (C=O) groups is 2. The first-order chi connectivity index (χ1) is 14.2. The summed E-state index contributed by atoms with van der Waals surface area (Å²) in [6.07, 6.45) is 0. The van der Waals surface area contributed by atoms with Gasteiger partial charge in [-0.05, 0) is 36.6 Å². The Morgan fingerprint density at radius 1 is 1.20 bits per heavy atom. The van der Waals surface area contributed by atoms with E-state index in [4.69, 9.17) is 14.2 Å². The molecule has 0 fully saturated rings. The molecule has 0 aliphatic heterocycles.